The molecule has 1 amide bonds. The normalized spacial score (nSPS) is 29.1. The first kappa shape index (κ1) is 11.9. The number of amides is 1. The van der Waals surface area contributed by atoms with Crippen LogP contribution in [0.2, 0.25) is 0 Å². The largest absolute Gasteiger partial charge is 0.368 e. The van der Waals surface area contributed by atoms with Gasteiger partial charge < -0.3 is 11.1 Å². The van der Waals surface area contributed by atoms with E-state index in [-0.39, 0.29) is 11.3 Å². The molecule has 16 heavy (non-hydrogen) atoms. The molecule has 1 aliphatic carbocycles. The Balaban J connectivity index is 2.21. The molecule has 4 nitrogen and oxygen atoms in total. The molecule has 2 aliphatic rings. The smallest absolute Gasteiger partial charge is 0.238 e. The van der Waals surface area contributed by atoms with E-state index in [0.717, 1.165) is 45.4 Å². The van der Waals surface area contributed by atoms with Gasteiger partial charge in [-0.2, -0.15) is 0 Å². The summed E-state index contributed by atoms with van der Waals surface area (Å²) >= 11 is 0. The van der Waals surface area contributed by atoms with Gasteiger partial charge in [-0.3, -0.25) is 9.69 Å². The third kappa shape index (κ3) is 1.74. The number of rotatable bonds is 3. The number of carbonyl (C=O) groups is 1. The van der Waals surface area contributed by atoms with Crippen molar-refractivity contribution in [3.63, 3.8) is 0 Å². The van der Waals surface area contributed by atoms with E-state index in [1.54, 1.807) is 0 Å². The summed E-state index contributed by atoms with van der Waals surface area (Å²) in [5.74, 6) is -0.158. The van der Waals surface area contributed by atoms with E-state index in [1.165, 1.54) is 0 Å². The first-order chi connectivity index (χ1) is 7.51. The molecule has 1 aliphatic heterocycles. The third-order valence-corrected chi connectivity index (χ3v) is 4.63. The lowest BCUT2D eigenvalue weighted by atomic mass is 9.81. The van der Waals surface area contributed by atoms with Crippen LogP contribution in [0.25, 0.3) is 0 Å². The minimum absolute atomic E-state index is 0.100. The summed E-state index contributed by atoms with van der Waals surface area (Å²) in [7, 11) is 0. The van der Waals surface area contributed by atoms with Crippen molar-refractivity contribution in [1.82, 2.24) is 10.2 Å². The number of hydrogen-bond acceptors (Lipinski definition) is 3. The van der Waals surface area contributed by atoms with E-state index in [1.807, 2.05) is 6.92 Å². The van der Waals surface area contributed by atoms with E-state index in [0.29, 0.717) is 0 Å². The maximum Gasteiger partial charge on any atom is 0.238 e. The van der Waals surface area contributed by atoms with Crippen LogP contribution in [0.15, 0.2) is 0 Å². The quantitative estimate of drug-likeness (QED) is 0.727. The number of hydrogen-bond donors (Lipinski definition) is 2. The van der Waals surface area contributed by atoms with Crippen LogP contribution >= 0.6 is 0 Å². The summed E-state index contributed by atoms with van der Waals surface area (Å²) in [6.07, 6.45) is 3.34. The molecule has 0 spiro atoms. The fraction of sp³-hybridized carbons (Fsp3) is 0.917. The molecule has 92 valence electrons. The monoisotopic (exact) mass is 225 g/mol. The molecular formula is C12H23N3O. The van der Waals surface area contributed by atoms with Crippen molar-refractivity contribution in [2.45, 2.75) is 38.6 Å². The molecule has 4 heteroatoms. The van der Waals surface area contributed by atoms with E-state index < -0.39 is 5.54 Å². The van der Waals surface area contributed by atoms with Crippen molar-refractivity contribution in [2.24, 2.45) is 11.1 Å². The average molecular weight is 225 g/mol. The Morgan fingerprint density at radius 2 is 2.06 bits per heavy atom. The van der Waals surface area contributed by atoms with Crippen LogP contribution in [0.4, 0.5) is 0 Å². The number of nitrogens with one attached hydrogen (secondary N) is 1. The molecule has 0 aromatic carbocycles. The highest BCUT2D eigenvalue weighted by atomic mass is 16.1. The highest BCUT2D eigenvalue weighted by Gasteiger charge is 2.59. The fourth-order valence-corrected chi connectivity index (χ4v) is 2.80. The van der Waals surface area contributed by atoms with Gasteiger partial charge in [-0.1, -0.05) is 6.92 Å². The molecule has 0 bridgehead atoms. The maximum absolute atomic E-state index is 11.9. The van der Waals surface area contributed by atoms with Gasteiger partial charge >= 0.3 is 0 Å². The van der Waals surface area contributed by atoms with Crippen LogP contribution in [0.3, 0.4) is 0 Å². The summed E-state index contributed by atoms with van der Waals surface area (Å²) in [6, 6.07) is 0. The predicted molar refractivity (Wildman–Crippen MR) is 64.0 cm³/mol. The molecule has 1 saturated heterocycles. The van der Waals surface area contributed by atoms with Crippen molar-refractivity contribution >= 4 is 5.91 Å². The molecule has 1 heterocycles. The van der Waals surface area contributed by atoms with Crippen LogP contribution < -0.4 is 11.1 Å². The molecule has 0 radical (unpaired) electrons. The Labute approximate surface area is 97.6 Å². The van der Waals surface area contributed by atoms with Crippen molar-refractivity contribution in [1.29, 1.82) is 0 Å². The van der Waals surface area contributed by atoms with Crippen LogP contribution in [-0.2, 0) is 4.79 Å². The summed E-state index contributed by atoms with van der Waals surface area (Å²) in [5, 5.41) is 3.37. The van der Waals surface area contributed by atoms with E-state index in [9.17, 15) is 4.79 Å². The Hall–Kier alpha value is -0.610. The molecule has 1 unspecified atom stereocenters. The van der Waals surface area contributed by atoms with Crippen molar-refractivity contribution in [3.05, 3.63) is 0 Å². The Morgan fingerprint density at radius 1 is 1.38 bits per heavy atom. The van der Waals surface area contributed by atoms with Gasteiger partial charge in [0, 0.05) is 19.6 Å². The van der Waals surface area contributed by atoms with E-state index >= 15 is 0 Å². The first-order valence-corrected chi connectivity index (χ1v) is 6.26. The van der Waals surface area contributed by atoms with E-state index in [2.05, 4.69) is 17.1 Å². The Kier molecular flexibility index (Phi) is 2.97. The standard InChI is InChI=1S/C12H23N3O/c1-11(4-5-11)12(2,10(13)16)15-8-3-6-14-7-9-15/h14H,3-9H2,1-2H3,(H2,13,16). The fourth-order valence-electron chi connectivity index (χ4n) is 2.80. The van der Waals surface area contributed by atoms with Gasteiger partial charge in [0.2, 0.25) is 5.91 Å². The van der Waals surface area contributed by atoms with Crippen LogP contribution in [0.1, 0.15) is 33.1 Å². The highest BCUT2D eigenvalue weighted by Crippen LogP contribution is 2.55. The lowest BCUT2D eigenvalue weighted by molar-refractivity contribution is -0.133. The minimum atomic E-state index is -0.459. The molecule has 1 atom stereocenters. The number of nitrogens with zero attached hydrogens (tertiary/aromatic N) is 1. The van der Waals surface area contributed by atoms with Gasteiger partial charge in [-0.05, 0) is 38.1 Å². The van der Waals surface area contributed by atoms with Crippen LogP contribution in [0, 0.1) is 5.41 Å². The van der Waals surface area contributed by atoms with Gasteiger partial charge in [0.05, 0.1) is 0 Å². The highest BCUT2D eigenvalue weighted by molar-refractivity contribution is 5.86. The number of nitrogens with two attached hydrogens (primary N) is 1. The summed E-state index contributed by atoms with van der Waals surface area (Å²) in [4.78, 5) is 14.2. The SMILES string of the molecule is CC1(C(C)(C(N)=O)N2CCCNCC2)CC1. The van der Waals surface area contributed by atoms with Crippen molar-refractivity contribution in [3.8, 4) is 0 Å². The second kappa shape index (κ2) is 4.00. The Morgan fingerprint density at radius 3 is 2.62 bits per heavy atom. The van der Waals surface area contributed by atoms with Gasteiger partial charge in [0.1, 0.15) is 5.54 Å². The molecule has 0 aromatic rings. The van der Waals surface area contributed by atoms with Crippen LogP contribution in [-0.4, -0.2) is 42.5 Å². The molecule has 2 rings (SSSR count). The van der Waals surface area contributed by atoms with Gasteiger partial charge in [0.15, 0.2) is 0 Å². The molecule has 2 fully saturated rings. The maximum atomic E-state index is 11.9. The third-order valence-electron chi connectivity index (χ3n) is 4.63. The van der Waals surface area contributed by atoms with Crippen LogP contribution in [0.5, 0.6) is 0 Å². The number of primary amides is 1. The number of carbonyl (C=O) groups excluding carboxylic acids is 1. The zero-order valence-corrected chi connectivity index (χ0v) is 10.4. The molecular weight excluding hydrogens is 202 g/mol. The summed E-state index contributed by atoms with van der Waals surface area (Å²) < 4.78 is 0. The van der Waals surface area contributed by atoms with Crippen molar-refractivity contribution in [2.75, 3.05) is 26.2 Å². The lowest BCUT2D eigenvalue weighted by Crippen LogP contribution is -2.61. The molecule has 1 saturated carbocycles. The van der Waals surface area contributed by atoms with Gasteiger partial charge in [0.25, 0.3) is 0 Å². The summed E-state index contributed by atoms with van der Waals surface area (Å²) in [5.41, 5.74) is 5.32. The first-order valence-electron chi connectivity index (χ1n) is 6.26. The summed E-state index contributed by atoms with van der Waals surface area (Å²) in [6.45, 7) is 8.13. The van der Waals surface area contributed by atoms with Crippen molar-refractivity contribution < 1.29 is 4.79 Å². The Bertz CT molecular complexity index is 280. The van der Waals surface area contributed by atoms with E-state index in [4.69, 9.17) is 5.73 Å². The molecule has 0 aromatic heterocycles. The zero-order chi connectivity index (χ0) is 11.8. The van der Waals surface area contributed by atoms with Gasteiger partial charge in [-0.15, -0.1) is 0 Å². The average Bonchev–Trinajstić information content (AvgIpc) is 3.01. The second-order valence-corrected chi connectivity index (χ2v) is 5.59. The second-order valence-electron chi connectivity index (χ2n) is 5.59. The van der Waals surface area contributed by atoms with Gasteiger partial charge in [-0.25, -0.2) is 0 Å². The zero-order valence-electron chi connectivity index (χ0n) is 10.4. The predicted octanol–water partition coefficient (Wildman–Crippen LogP) is 0.326. The minimum Gasteiger partial charge on any atom is -0.368 e. The topological polar surface area (TPSA) is 58.4 Å². The molecule has 3 N–H and O–H groups in total. The lowest BCUT2D eigenvalue weighted by Gasteiger charge is -2.43.